The van der Waals surface area contributed by atoms with Crippen LogP contribution in [0.25, 0.3) is 0 Å². The van der Waals surface area contributed by atoms with Gasteiger partial charge >= 0.3 is 0 Å². The van der Waals surface area contributed by atoms with Crippen molar-refractivity contribution in [3.8, 4) is 0 Å². The Morgan fingerprint density at radius 2 is 1.89 bits per heavy atom. The molecule has 18 heavy (non-hydrogen) atoms. The normalized spacial score (nSPS) is 16.2. The zero-order chi connectivity index (χ0) is 12.5. The molecule has 0 saturated carbocycles. The van der Waals surface area contributed by atoms with Crippen molar-refractivity contribution < 1.29 is 12.8 Å². The fourth-order valence-corrected chi connectivity index (χ4v) is 2.64. The van der Waals surface area contributed by atoms with Gasteiger partial charge in [0, 0.05) is 38.1 Å². The number of anilines is 1. The first kappa shape index (κ1) is 15.2. The zero-order valence-corrected chi connectivity index (χ0v) is 11.7. The SMILES string of the molecule is CS(=O)(=O)c1ccc(N2CCNCC2)cc1F.Cl. The Morgan fingerprint density at radius 3 is 2.39 bits per heavy atom. The Bertz CT molecular complexity index is 516. The van der Waals surface area contributed by atoms with E-state index in [4.69, 9.17) is 0 Å². The molecule has 0 radical (unpaired) electrons. The number of nitrogens with one attached hydrogen (secondary N) is 1. The molecule has 4 nitrogen and oxygen atoms in total. The van der Waals surface area contributed by atoms with Gasteiger partial charge in [0.1, 0.15) is 10.7 Å². The fourth-order valence-electron chi connectivity index (χ4n) is 1.91. The van der Waals surface area contributed by atoms with Gasteiger partial charge in [-0.2, -0.15) is 0 Å². The molecule has 0 aromatic heterocycles. The predicted molar refractivity (Wildman–Crippen MR) is 71.8 cm³/mol. The summed E-state index contributed by atoms with van der Waals surface area (Å²) in [5, 5.41) is 3.20. The first-order valence-corrected chi connectivity index (χ1v) is 7.33. The highest BCUT2D eigenvalue weighted by atomic mass is 35.5. The number of piperazine rings is 1. The zero-order valence-electron chi connectivity index (χ0n) is 10.0. The summed E-state index contributed by atoms with van der Waals surface area (Å²) in [7, 11) is -3.49. The second-order valence-corrected chi connectivity index (χ2v) is 6.11. The quantitative estimate of drug-likeness (QED) is 0.886. The molecule has 1 N–H and O–H groups in total. The standard InChI is InChI=1S/C11H15FN2O2S.ClH/c1-17(15,16)11-3-2-9(8-10(11)12)14-6-4-13-5-7-14;/h2-3,8,13H,4-7H2,1H3;1H. The van der Waals surface area contributed by atoms with E-state index in [2.05, 4.69) is 5.32 Å². The molecular weight excluding hydrogens is 279 g/mol. The lowest BCUT2D eigenvalue weighted by Crippen LogP contribution is -2.43. The molecule has 1 aromatic carbocycles. The minimum atomic E-state index is -3.49. The van der Waals surface area contributed by atoms with Crippen molar-refractivity contribution in [2.75, 3.05) is 37.3 Å². The topological polar surface area (TPSA) is 49.4 Å². The molecule has 0 spiro atoms. The van der Waals surface area contributed by atoms with Gasteiger partial charge in [0.15, 0.2) is 9.84 Å². The number of hydrogen-bond acceptors (Lipinski definition) is 4. The van der Waals surface area contributed by atoms with Crippen LogP contribution in [0.2, 0.25) is 0 Å². The van der Waals surface area contributed by atoms with Crippen LogP contribution >= 0.6 is 12.4 Å². The average Bonchev–Trinajstić information content (AvgIpc) is 2.28. The van der Waals surface area contributed by atoms with E-state index < -0.39 is 15.7 Å². The van der Waals surface area contributed by atoms with Crippen molar-refractivity contribution in [1.82, 2.24) is 5.32 Å². The molecule has 0 amide bonds. The van der Waals surface area contributed by atoms with Gasteiger partial charge in [-0.15, -0.1) is 12.4 Å². The summed E-state index contributed by atoms with van der Waals surface area (Å²) in [6.45, 7) is 3.32. The number of sulfone groups is 1. The van der Waals surface area contributed by atoms with Gasteiger partial charge in [-0.05, 0) is 18.2 Å². The van der Waals surface area contributed by atoms with Gasteiger partial charge in [-0.3, -0.25) is 0 Å². The molecule has 2 rings (SSSR count). The van der Waals surface area contributed by atoms with E-state index in [1.807, 2.05) is 4.90 Å². The van der Waals surface area contributed by atoms with E-state index in [1.54, 1.807) is 6.07 Å². The second-order valence-electron chi connectivity index (χ2n) is 4.12. The minimum Gasteiger partial charge on any atom is -0.369 e. The smallest absolute Gasteiger partial charge is 0.178 e. The third kappa shape index (κ3) is 3.34. The van der Waals surface area contributed by atoms with Crippen LogP contribution in [0, 0.1) is 5.82 Å². The van der Waals surface area contributed by atoms with E-state index in [9.17, 15) is 12.8 Å². The first-order valence-electron chi connectivity index (χ1n) is 5.44. The van der Waals surface area contributed by atoms with Gasteiger partial charge < -0.3 is 10.2 Å². The summed E-state index contributed by atoms with van der Waals surface area (Å²) in [4.78, 5) is 1.79. The number of halogens is 2. The van der Waals surface area contributed by atoms with Crippen LogP contribution in [0.1, 0.15) is 0 Å². The van der Waals surface area contributed by atoms with E-state index in [0.29, 0.717) is 0 Å². The van der Waals surface area contributed by atoms with Crippen LogP contribution in [0.4, 0.5) is 10.1 Å². The highest BCUT2D eigenvalue weighted by Crippen LogP contribution is 2.22. The first-order chi connectivity index (χ1) is 7.98. The van der Waals surface area contributed by atoms with E-state index >= 15 is 0 Å². The van der Waals surface area contributed by atoms with Crippen molar-refractivity contribution in [2.24, 2.45) is 0 Å². The molecule has 0 atom stereocenters. The van der Waals surface area contributed by atoms with E-state index in [0.717, 1.165) is 38.1 Å². The molecule has 1 aliphatic rings. The molecule has 7 heteroatoms. The van der Waals surface area contributed by atoms with E-state index in [1.165, 1.54) is 12.1 Å². The Kier molecular flexibility index (Phi) is 4.95. The Balaban J connectivity index is 0.00000162. The van der Waals surface area contributed by atoms with Crippen LogP contribution < -0.4 is 10.2 Å². The molecule has 0 bridgehead atoms. The highest BCUT2D eigenvalue weighted by Gasteiger charge is 2.16. The Labute approximate surface area is 113 Å². The Hall–Kier alpha value is -0.850. The average molecular weight is 295 g/mol. The fraction of sp³-hybridized carbons (Fsp3) is 0.455. The number of rotatable bonds is 2. The monoisotopic (exact) mass is 294 g/mol. The second kappa shape index (κ2) is 5.86. The summed E-state index contributed by atoms with van der Waals surface area (Å²) in [5.74, 6) is -0.677. The van der Waals surface area contributed by atoms with Crippen LogP contribution in [-0.2, 0) is 9.84 Å². The molecule has 0 aliphatic carbocycles. The van der Waals surface area contributed by atoms with Crippen LogP contribution in [0.5, 0.6) is 0 Å². The van der Waals surface area contributed by atoms with Gasteiger partial charge in [0.05, 0.1) is 0 Å². The van der Waals surface area contributed by atoms with Crippen molar-refractivity contribution in [3.63, 3.8) is 0 Å². The van der Waals surface area contributed by atoms with Crippen molar-refractivity contribution in [1.29, 1.82) is 0 Å². The number of benzene rings is 1. The van der Waals surface area contributed by atoms with Gasteiger partial charge in [0.25, 0.3) is 0 Å². The van der Waals surface area contributed by atoms with Crippen LogP contribution in [-0.4, -0.2) is 40.9 Å². The lowest BCUT2D eigenvalue weighted by Gasteiger charge is -2.29. The molecule has 1 aliphatic heterocycles. The summed E-state index contributed by atoms with van der Waals surface area (Å²) >= 11 is 0. The summed E-state index contributed by atoms with van der Waals surface area (Å²) in [6.07, 6.45) is 1.01. The van der Waals surface area contributed by atoms with Crippen LogP contribution in [0.15, 0.2) is 23.1 Å². The van der Waals surface area contributed by atoms with E-state index in [-0.39, 0.29) is 17.3 Å². The highest BCUT2D eigenvalue weighted by molar-refractivity contribution is 7.90. The Morgan fingerprint density at radius 1 is 1.28 bits per heavy atom. The molecule has 1 heterocycles. The summed E-state index contributed by atoms with van der Waals surface area (Å²) in [6, 6.07) is 4.29. The molecule has 1 fully saturated rings. The lowest BCUT2D eigenvalue weighted by atomic mass is 10.2. The van der Waals surface area contributed by atoms with Gasteiger partial charge in [-0.1, -0.05) is 0 Å². The third-order valence-corrected chi connectivity index (χ3v) is 3.93. The molecule has 1 saturated heterocycles. The van der Waals surface area contributed by atoms with Crippen molar-refractivity contribution in [2.45, 2.75) is 4.90 Å². The molecular formula is C11H16ClFN2O2S. The predicted octanol–water partition coefficient (Wildman–Crippen LogP) is 1.06. The van der Waals surface area contributed by atoms with Gasteiger partial charge in [-0.25, -0.2) is 12.8 Å². The van der Waals surface area contributed by atoms with Crippen LogP contribution in [0.3, 0.4) is 0 Å². The third-order valence-electron chi connectivity index (χ3n) is 2.80. The molecule has 0 unspecified atom stereocenters. The molecule has 102 valence electrons. The number of hydrogen-bond donors (Lipinski definition) is 1. The molecule has 1 aromatic rings. The van der Waals surface area contributed by atoms with Gasteiger partial charge in [0.2, 0.25) is 0 Å². The maximum atomic E-state index is 13.7. The maximum absolute atomic E-state index is 13.7. The van der Waals surface area contributed by atoms with Crippen molar-refractivity contribution >= 4 is 27.9 Å². The number of nitrogens with zero attached hydrogens (tertiary/aromatic N) is 1. The minimum absolute atomic E-state index is 0. The largest absolute Gasteiger partial charge is 0.369 e. The summed E-state index contributed by atoms with van der Waals surface area (Å²) in [5.41, 5.74) is 0.733. The van der Waals surface area contributed by atoms with Crippen molar-refractivity contribution in [3.05, 3.63) is 24.0 Å². The maximum Gasteiger partial charge on any atom is 0.178 e. The lowest BCUT2D eigenvalue weighted by molar-refractivity contribution is 0.565. The summed E-state index contributed by atoms with van der Waals surface area (Å²) < 4.78 is 36.2.